The highest BCUT2D eigenvalue weighted by molar-refractivity contribution is 5.32. The van der Waals surface area contributed by atoms with Gasteiger partial charge in [-0.15, -0.1) is 0 Å². The van der Waals surface area contributed by atoms with Crippen molar-refractivity contribution in [1.29, 1.82) is 0 Å². The Morgan fingerprint density at radius 3 is 2.83 bits per heavy atom. The Bertz CT molecular complexity index is 386. The number of nitrogens with two attached hydrogens (primary N) is 1. The number of hydrogen-bond donors (Lipinski definition) is 3. The van der Waals surface area contributed by atoms with Crippen LogP contribution in [0.1, 0.15) is 38.2 Å². The van der Waals surface area contributed by atoms with Crippen LogP contribution in [0.2, 0.25) is 0 Å². The number of pyridine rings is 1. The van der Waals surface area contributed by atoms with Gasteiger partial charge in [0.25, 0.3) is 0 Å². The van der Waals surface area contributed by atoms with Crippen molar-refractivity contribution in [2.24, 2.45) is 0 Å². The molecule has 1 aliphatic carbocycles. The minimum atomic E-state index is -0.570. The summed E-state index contributed by atoms with van der Waals surface area (Å²) < 4.78 is 0. The molecule has 4 nitrogen and oxygen atoms in total. The minimum absolute atomic E-state index is 0.525. The van der Waals surface area contributed by atoms with Gasteiger partial charge in [0, 0.05) is 18.7 Å². The first-order valence-electron chi connectivity index (χ1n) is 6.77. The minimum Gasteiger partial charge on any atom is -0.390 e. The molecule has 4 heteroatoms. The monoisotopic (exact) mass is 249 g/mol. The molecule has 0 bridgehead atoms. The smallest absolute Gasteiger partial charge is 0.123 e. The van der Waals surface area contributed by atoms with Crippen LogP contribution in [0.5, 0.6) is 0 Å². The van der Waals surface area contributed by atoms with Gasteiger partial charge in [-0.2, -0.15) is 0 Å². The molecule has 0 amide bonds. The molecule has 0 unspecified atom stereocenters. The van der Waals surface area contributed by atoms with E-state index >= 15 is 0 Å². The molecule has 0 spiro atoms. The molecule has 1 saturated carbocycles. The lowest BCUT2D eigenvalue weighted by Gasteiger charge is -2.36. The number of nitrogens with zero attached hydrogens (tertiary/aromatic N) is 1. The zero-order valence-electron chi connectivity index (χ0n) is 11.0. The molecule has 0 radical (unpaired) electrons. The summed E-state index contributed by atoms with van der Waals surface area (Å²) in [4.78, 5) is 3.98. The maximum absolute atomic E-state index is 10.6. The van der Waals surface area contributed by atoms with Crippen molar-refractivity contribution in [2.75, 3.05) is 12.3 Å². The number of aliphatic hydroxyl groups is 1. The lowest BCUT2D eigenvalue weighted by molar-refractivity contribution is -0.00294. The van der Waals surface area contributed by atoms with Crippen LogP contribution >= 0.6 is 0 Å². The Morgan fingerprint density at radius 1 is 1.50 bits per heavy atom. The van der Waals surface area contributed by atoms with E-state index < -0.39 is 5.60 Å². The van der Waals surface area contributed by atoms with Gasteiger partial charge in [0.1, 0.15) is 5.82 Å². The van der Waals surface area contributed by atoms with E-state index in [9.17, 15) is 5.11 Å². The Kier molecular flexibility index (Phi) is 4.19. The molecule has 0 atom stereocenters. The van der Waals surface area contributed by atoms with Crippen LogP contribution in [0.25, 0.3) is 0 Å². The number of rotatable bonds is 4. The average molecular weight is 249 g/mol. The van der Waals surface area contributed by atoms with Crippen molar-refractivity contribution in [3.63, 3.8) is 0 Å². The van der Waals surface area contributed by atoms with E-state index in [4.69, 9.17) is 5.73 Å². The molecule has 0 aromatic carbocycles. The third-order valence-electron chi connectivity index (χ3n) is 3.79. The first kappa shape index (κ1) is 13.3. The van der Waals surface area contributed by atoms with Gasteiger partial charge in [-0.25, -0.2) is 4.98 Å². The van der Waals surface area contributed by atoms with Crippen LogP contribution in [0.15, 0.2) is 18.3 Å². The molecular weight excluding hydrogens is 226 g/mol. The Hall–Kier alpha value is -1.13. The van der Waals surface area contributed by atoms with Crippen molar-refractivity contribution in [2.45, 2.75) is 50.7 Å². The fraction of sp³-hybridized carbons (Fsp3) is 0.643. The predicted molar refractivity (Wildman–Crippen MR) is 73.2 cm³/mol. The first-order valence-corrected chi connectivity index (χ1v) is 6.77. The summed E-state index contributed by atoms with van der Waals surface area (Å²) in [6, 6.07) is 4.36. The van der Waals surface area contributed by atoms with Crippen molar-refractivity contribution < 1.29 is 5.11 Å². The van der Waals surface area contributed by atoms with Gasteiger partial charge in [-0.05, 0) is 49.9 Å². The van der Waals surface area contributed by atoms with E-state index in [-0.39, 0.29) is 0 Å². The van der Waals surface area contributed by atoms with Crippen LogP contribution in [0.3, 0.4) is 0 Å². The lowest BCUT2D eigenvalue weighted by Crippen LogP contribution is -2.42. The summed E-state index contributed by atoms with van der Waals surface area (Å²) in [6.45, 7) is 3.13. The normalized spacial score (nSPS) is 28.2. The molecule has 1 aliphatic rings. The average Bonchev–Trinajstić information content (AvgIpc) is 2.32. The number of hydrogen-bond acceptors (Lipinski definition) is 4. The molecule has 18 heavy (non-hydrogen) atoms. The molecule has 0 aliphatic heterocycles. The van der Waals surface area contributed by atoms with Gasteiger partial charge < -0.3 is 16.2 Å². The summed E-state index contributed by atoms with van der Waals surface area (Å²) >= 11 is 0. The standard InChI is InChI=1S/C14H23N3O/c1-2-16-12-3-6-14(18,7-4-12)10-11-5-8-17-13(15)9-11/h5,8-9,12,16,18H,2-4,6-7,10H2,1H3,(H2,15,17). The summed E-state index contributed by atoms with van der Waals surface area (Å²) in [5.41, 5.74) is 6.17. The Morgan fingerprint density at radius 2 is 2.22 bits per heavy atom. The number of anilines is 1. The number of nitrogen functional groups attached to an aromatic ring is 1. The second kappa shape index (κ2) is 5.67. The maximum atomic E-state index is 10.6. The van der Waals surface area contributed by atoms with E-state index in [0.717, 1.165) is 37.8 Å². The summed E-state index contributed by atoms with van der Waals surface area (Å²) in [5, 5.41) is 14.1. The van der Waals surface area contributed by atoms with Gasteiger partial charge in [0.2, 0.25) is 0 Å². The van der Waals surface area contributed by atoms with E-state index in [2.05, 4.69) is 17.2 Å². The highest BCUT2D eigenvalue weighted by Gasteiger charge is 2.32. The van der Waals surface area contributed by atoms with Crippen molar-refractivity contribution in [3.8, 4) is 0 Å². The summed E-state index contributed by atoms with van der Waals surface area (Å²) in [6.07, 6.45) is 6.19. The SMILES string of the molecule is CCNC1CCC(O)(Cc2ccnc(N)c2)CC1. The highest BCUT2D eigenvalue weighted by Crippen LogP contribution is 2.31. The van der Waals surface area contributed by atoms with Crippen LogP contribution < -0.4 is 11.1 Å². The van der Waals surface area contributed by atoms with Gasteiger partial charge >= 0.3 is 0 Å². The van der Waals surface area contributed by atoms with Crippen molar-refractivity contribution >= 4 is 5.82 Å². The van der Waals surface area contributed by atoms with E-state index in [1.807, 2.05) is 12.1 Å². The molecule has 1 aromatic heterocycles. The maximum Gasteiger partial charge on any atom is 0.123 e. The third kappa shape index (κ3) is 3.43. The molecule has 1 heterocycles. The van der Waals surface area contributed by atoms with Crippen LogP contribution in [0, 0.1) is 0 Å². The second-order valence-corrected chi connectivity index (χ2v) is 5.32. The van der Waals surface area contributed by atoms with Crippen molar-refractivity contribution in [3.05, 3.63) is 23.9 Å². The number of aromatic nitrogens is 1. The van der Waals surface area contributed by atoms with Gasteiger partial charge in [-0.3, -0.25) is 0 Å². The van der Waals surface area contributed by atoms with E-state index in [0.29, 0.717) is 18.3 Å². The van der Waals surface area contributed by atoms with E-state index in [1.54, 1.807) is 6.20 Å². The van der Waals surface area contributed by atoms with E-state index in [1.165, 1.54) is 0 Å². The fourth-order valence-electron chi connectivity index (χ4n) is 2.81. The summed E-state index contributed by atoms with van der Waals surface area (Å²) in [7, 11) is 0. The van der Waals surface area contributed by atoms with Crippen LogP contribution in [-0.4, -0.2) is 28.3 Å². The molecular formula is C14H23N3O. The zero-order chi connectivity index (χ0) is 13.0. The largest absolute Gasteiger partial charge is 0.390 e. The third-order valence-corrected chi connectivity index (χ3v) is 3.79. The molecule has 2 rings (SSSR count). The fourth-order valence-corrected chi connectivity index (χ4v) is 2.81. The topological polar surface area (TPSA) is 71.2 Å². The van der Waals surface area contributed by atoms with Crippen LogP contribution in [0.4, 0.5) is 5.82 Å². The highest BCUT2D eigenvalue weighted by atomic mass is 16.3. The quantitative estimate of drug-likeness (QED) is 0.756. The van der Waals surface area contributed by atoms with Gasteiger partial charge in [-0.1, -0.05) is 6.92 Å². The van der Waals surface area contributed by atoms with Gasteiger partial charge in [0.05, 0.1) is 5.60 Å². The molecule has 0 saturated heterocycles. The zero-order valence-corrected chi connectivity index (χ0v) is 11.0. The second-order valence-electron chi connectivity index (χ2n) is 5.32. The Labute approximate surface area is 109 Å². The molecule has 100 valence electrons. The molecule has 1 aromatic rings. The summed E-state index contributed by atoms with van der Waals surface area (Å²) in [5.74, 6) is 0.525. The molecule has 4 N–H and O–H groups in total. The first-order chi connectivity index (χ1) is 8.61. The Balaban J connectivity index is 1.93. The van der Waals surface area contributed by atoms with Crippen molar-refractivity contribution in [1.82, 2.24) is 10.3 Å². The number of nitrogens with one attached hydrogen (secondary N) is 1. The lowest BCUT2D eigenvalue weighted by atomic mass is 9.78. The van der Waals surface area contributed by atoms with Gasteiger partial charge in [0.15, 0.2) is 0 Å². The molecule has 1 fully saturated rings. The van der Waals surface area contributed by atoms with Crippen LogP contribution in [-0.2, 0) is 6.42 Å². The predicted octanol–water partition coefficient (Wildman–Crippen LogP) is 1.49.